The number of nitrogens with one attached hydrogen (secondary N) is 2. The molecule has 0 aromatic rings. The van der Waals surface area contributed by atoms with Crippen LogP contribution in [0.3, 0.4) is 0 Å². The summed E-state index contributed by atoms with van der Waals surface area (Å²) in [5, 5.41) is 6.69. The quantitative estimate of drug-likeness (QED) is 0.464. The zero-order valence-electron chi connectivity index (χ0n) is 7.32. The minimum Gasteiger partial charge on any atom is -0.317 e. The molecule has 0 unspecified atom stereocenters. The highest BCUT2D eigenvalue weighted by Gasteiger charge is 2.00. The van der Waals surface area contributed by atoms with Gasteiger partial charge in [0, 0.05) is 6.54 Å². The Morgan fingerprint density at radius 1 is 1.64 bits per heavy atom. The first-order valence-corrected chi connectivity index (χ1v) is 4.53. The minimum atomic E-state index is 1.08. The van der Waals surface area contributed by atoms with Gasteiger partial charge in [0.1, 0.15) is 0 Å². The van der Waals surface area contributed by atoms with Crippen molar-refractivity contribution < 1.29 is 0 Å². The van der Waals surface area contributed by atoms with Crippen molar-refractivity contribution >= 4 is 0 Å². The van der Waals surface area contributed by atoms with Gasteiger partial charge in [-0.25, -0.2) is 0 Å². The van der Waals surface area contributed by atoms with Crippen molar-refractivity contribution in [2.45, 2.75) is 19.8 Å². The lowest BCUT2D eigenvalue weighted by Gasteiger charge is -2.13. The van der Waals surface area contributed by atoms with Crippen LogP contribution < -0.4 is 10.6 Å². The Labute approximate surface area is 69.1 Å². The predicted octanol–water partition coefficient (Wildman–Crippen LogP) is 0.906. The van der Waals surface area contributed by atoms with Gasteiger partial charge in [-0.2, -0.15) is 0 Å². The zero-order valence-corrected chi connectivity index (χ0v) is 7.32. The average molecular weight is 154 g/mol. The molecule has 0 aromatic carbocycles. The molecule has 0 saturated carbocycles. The fourth-order valence-corrected chi connectivity index (χ4v) is 1.32. The maximum absolute atomic E-state index is 3.37. The summed E-state index contributed by atoms with van der Waals surface area (Å²) in [6.45, 7) is 6.62. The Morgan fingerprint density at radius 2 is 2.55 bits per heavy atom. The van der Waals surface area contributed by atoms with Gasteiger partial charge in [-0.1, -0.05) is 18.6 Å². The van der Waals surface area contributed by atoms with E-state index in [-0.39, 0.29) is 0 Å². The molecule has 2 nitrogen and oxygen atoms in total. The molecule has 0 saturated heterocycles. The van der Waals surface area contributed by atoms with Crippen LogP contribution in [0.15, 0.2) is 11.6 Å². The minimum absolute atomic E-state index is 1.08. The first kappa shape index (κ1) is 8.75. The lowest BCUT2D eigenvalue weighted by atomic mass is 10.1. The van der Waals surface area contributed by atoms with Gasteiger partial charge in [0.2, 0.25) is 0 Å². The second kappa shape index (κ2) is 5.33. The molecular formula is C9H18N2. The van der Waals surface area contributed by atoms with Crippen LogP contribution in [-0.2, 0) is 0 Å². The highest BCUT2D eigenvalue weighted by molar-refractivity contribution is 5.07. The fraction of sp³-hybridized carbons (Fsp3) is 0.778. The molecule has 0 atom stereocenters. The van der Waals surface area contributed by atoms with E-state index in [2.05, 4.69) is 23.6 Å². The Kier molecular flexibility index (Phi) is 4.24. The normalized spacial score (nSPS) is 18.1. The smallest absolute Gasteiger partial charge is 0.0165 e. The third kappa shape index (κ3) is 3.54. The summed E-state index contributed by atoms with van der Waals surface area (Å²) in [5.74, 6) is 0. The molecule has 2 heteroatoms. The Bertz CT molecular complexity index is 130. The van der Waals surface area contributed by atoms with Crippen LogP contribution >= 0.6 is 0 Å². The molecule has 1 aliphatic heterocycles. The van der Waals surface area contributed by atoms with Crippen LogP contribution in [0.25, 0.3) is 0 Å². The average Bonchev–Trinajstić information content (AvgIpc) is 2.07. The molecule has 1 aliphatic rings. The van der Waals surface area contributed by atoms with E-state index < -0.39 is 0 Å². The van der Waals surface area contributed by atoms with E-state index in [0.29, 0.717) is 0 Å². The summed E-state index contributed by atoms with van der Waals surface area (Å²) in [4.78, 5) is 0. The Balaban J connectivity index is 2.09. The second-order valence-electron chi connectivity index (χ2n) is 2.93. The van der Waals surface area contributed by atoms with Crippen molar-refractivity contribution in [1.82, 2.24) is 10.6 Å². The van der Waals surface area contributed by atoms with Crippen molar-refractivity contribution in [3.63, 3.8) is 0 Å². The van der Waals surface area contributed by atoms with E-state index in [1.807, 2.05) is 0 Å². The number of hydrogen-bond donors (Lipinski definition) is 2. The molecule has 0 aromatic heterocycles. The van der Waals surface area contributed by atoms with E-state index in [1.54, 1.807) is 5.57 Å². The van der Waals surface area contributed by atoms with Crippen molar-refractivity contribution in [2.75, 3.05) is 26.2 Å². The largest absolute Gasteiger partial charge is 0.317 e. The summed E-state index contributed by atoms with van der Waals surface area (Å²) in [6, 6.07) is 0. The van der Waals surface area contributed by atoms with Gasteiger partial charge in [-0.15, -0.1) is 0 Å². The number of hydrogen-bond acceptors (Lipinski definition) is 2. The standard InChI is InChI=1S/C9H18N2/c1-2-10-7-5-9-4-3-6-11-8-9/h4,10-11H,2-3,5-8H2,1H3. The van der Waals surface area contributed by atoms with Gasteiger partial charge in [-0.05, 0) is 32.5 Å². The molecule has 0 amide bonds. The maximum Gasteiger partial charge on any atom is 0.0165 e. The van der Waals surface area contributed by atoms with Crippen LogP contribution in [0.2, 0.25) is 0 Å². The van der Waals surface area contributed by atoms with E-state index >= 15 is 0 Å². The summed E-state index contributed by atoms with van der Waals surface area (Å²) in [7, 11) is 0. The molecule has 0 bridgehead atoms. The number of rotatable bonds is 4. The zero-order chi connectivity index (χ0) is 7.94. The van der Waals surface area contributed by atoms with Crippen molar-refractivity contribution in [1.29, 1.82) is 0 Å². The van der Waals surface area contributed by atoms with Crippen LogP contribution in [0, 0.1) is 0 Å². The van der Waals surface area contributed by atoms with Gasteiger partial charge in [-0.3, -0.25) is 0 Å². The van der Waals surface area contributed by atoms with Gasteiger partial charge < -0.3 is 10.6 Å². The molecule has 1 heterocycles. The van der Waals surface area contributed by atoms with Gasteiger partial charge in [0.15, 0.2) is 0 Å². The highest BCUT2D eigenvalue weighted by atomic mass is 14.9. The molecule has 0 aliphatic carbocycles. The summed E-state index contributed by atoms with van der Waals surface area (Å²) in [5.41, 5.74) is 1.57. The predicted molar refractivity (Wildman–Crippen MR) is 48.7 cm³/mol. The molecule has 0 radical (unpaired) electrons. The molecule has 0 fully saturated rings. The van der Waals surface area contributed by atoms with Crippen molar-refractivity contribution in [3.05, 3.63) is 11.6 Å². The van der Waals surface area contributed by atoms with E-state index in [9.17, 15) is 0 Å². The van der Waals surface area contributed by atoms with Crippen LogP contribution in [0.1, 0.15) is 19.8 Å². The van der Waals surface area contributed by atoms with E-state index in [4.69, 9.17) is 0 Å². The summed E-state index contributed by atoms with van der Waals surface area (Å²) < 4.78 is 0. The highest BCUT2D eigenvalue weighted by Crippen LogP contribution is 2.04. The molecule has 0 spiro atoms. The third-order valence-corrected chi connectivity index (χ3v) is 1.98. The first-order valence-electron chi connectivity index (χ1n) is 4.53. The second-order valence-corrected chi connectivity index (χ2v) is 2.93. The molecular weight excluding hydrogens is 136 g/mol. The SMILES string of the molecule is CCNCCC1=CCCNC1. The summed E-state index contributed by atoms with van der Waals surface area (Å²) in [6.07, 6.45) is 4.79. The van der Waals surface area contributed by atoms with Crippen molar-refractivity contribution in [2.24, 2.45) is 0 Å². The van der Waals surface area contributed by atoms with Crippen LogP contribution in [0.4, 0.5) is 0 Å². The lowest BCUT2D eigenvalue weighted by molar-refractivity contribution is 0.648. The monoisotopic (exact) mass is 154 g/mol. The fourth-order valence-electron chi connectivity index (χ4n) is 1.32. The lowest BCUT2D eigenvalue weighted by Crippen LogP contribution is -2.24. The molecule has 11 heavy (non-hydrogen) atoms. The maximum atomic E-state index is 3.37. The van der Waals surface area contributed by atoms with Gasteiger partial charge >= 0.3 is 0 Å². The van der Waals surface area contributed by atoms with E-state index in [0.717, 1.165) is 26.2 Å². The molecule has 1 rings (SSSR count). The van der Waals surface area contributed by atoms with E-state index in [1.165, 1.54) is 12.8 Å². The van der Waals surface area contributed by atoms with Crippen LogP contribution in [-0.4, -0.2) is 26.2 Å². The Hall–Kier alpha value is -0.340. The summed E-state index contributed by atoms with van der Waals surface area (Å²) >= 11 is 0. The molecule has 64 valence electrons. The molecule has 2 N–H and O–H groups in total. The van der Waals surface area contributed by atoms with Crippen LogP contribution in [0.5, 0.6) is 0 Å². The van der Waals surface area contributed by atoms with Crippen molar-refractivity contribution in [3.8, 4) is 0 Å². The first-order chi connectivity index (χ1) is 5.43. The van der Waals surface area contributed by atoms with Gasteiger partial charge in [0.25, 0.3) is 0 Å². The topological polar surface area (TPSA) is 24.1 Å². The van der Waals surface area contributed by atoms with Gasteiger partial charge in [0.05, 0.1) is 0 Å². The third-order valence-electron chi connectivity index (χ3n) is 1.98. The Morgan fingerprint density at radius 3 is 3.18 bits per heavy atom.